The zero-order valence-electron chi connectivity index (χ0n) is 29.3. The average Bonchev–Trinajstić information content (AvgIpc) is 3.48. The molecular formula is C34H47N3O12S. The zero-order chi connectivity index (χ0) is 36.7. The fraction of sp³-hybridized carbons (Fsp3) is 0.559. The smallest absolute Gasteiger partial charge is 0.411 e. The Morgan fingerprint density at radius 2 is 1.52 bits per heavy atom. The normalized spacial score (nSPS) is 21.9. The van der Waals surface area contributed by atoms with Crippen LogP contribution in [0.15, 0.2) is 54.6 Å². The van der Waals surface area contributed by atoms with E-state index in [9.17, 15) is 22.8 Å². The van der Waals surface area contributed by atoms with Crippen LogP contribution in [0, 0.1) is 5.92 Å². The van der Waals surface area contributed by atoms with Crippen LogP contribution in [0.4, 0.5) is 15.3 Å². The molecule has 5 unspecified atom stereocenters. The summed E-state index contributed by atoms with van der Waals surface area (Å²) in [6.45, 7) is 11.5. The van der Waals surface area contributed by atoms with Crippen LogP contribution < -0.4 is 20.1 Å². The number of anilines is 1. The first kappa shape index (κ1) is 38.8. The van der Waals surface area contributed by atoms with E-state index in [0.29, 0.717) is 17.2 Å². The maximum Gasteiger partial charge on any atom is 0.411 e. The van der Waals surface area contributed by atoms with Crippen LogP contribution in [0.3, 0.4) is 0 Å². The molecular weight excluding hydrogens is 674 g/mol. The molecule has 0 radical (unpaired) electrons. The molecule has 4 rings (SSSR count). The highest BCUT2D eigenvalue weighted by atomic mass is 32.2. The van der Waals surface area contributed by atoms with Crippen LogP contribution in [0.5, 0.6) is 11.5 Å². The van der Waals surface area contributed by atoms with Crippen molar-refractivity contribution in [3.63, 3.8) is 0 Å². The van der Waals surface area contributed by atoms with Crippen LogP contribution in [-0.2, 0) is 43.0 Å². The number of alkyl carbamates (subject to hydrolysis) is 1. The van der Waals surface area contributed by atoms with E-state index in [1.807, 2.05) is 48.9 Å². The number of hydrogen-bond donors (Lipinski definition) is 3. The Kier molecular flexibility index (Phi) is 12.7. The molecule has 2 aromatic rings. The van der Waals surface area contributed by atoms with Gasteiger partial charge in [0.15, 0.2) is 5.79 Å². The van der Waals surface area contributed by atoms with E-state index in [1.54, 1.807) is 58.9 Å². The summed E-state index contributed by atoms with van der Waals surface area (Å²) in [6.07, 6.45) is -4.00. The van der Waals surface area contributed by atoms with Gasteiger partial charge in [0.25, 0.3) is 5.91 Å². The molecule has 2 fully saturated rings. The van der Waals surface area contributed by atoms with Gasteiger partial charge in [-0.2, -0.15) is 8.42 Å². The Bertz CT molecular complexity index is 1560. The Morgan fingerprint density at radius 1 is 0.900 bits per heavy atom. The average molecular weight is 722 g/mol. The molecule has 16 heteroatoms. The summed E-state index contributed by atoms with van der Waals surface area (Å²) in [5, 5.41) is 5.07. The fourth-order valence-electron chi connectivity index (χ4n) is 5.32. The van der Waals surface area contributed by atoms with Gasteiger partial charge in [0, 0.05) is 12.1 Å². The summed E-state index contributed by atoms with van der Waals surface area (Å²) in [5.41, 5.74) is -0.316. The van der Waals surface area contributed by atoms with Gasteiger partial charge in [0.2, 0.25) is 0 Å². The van der Waals surface area contributed by atoms with E-state index in [-0.39, 0.29) is 25.4 Å². The standard InChI is InChI=1S/C34H47N3O12S/c1-21(2)19-25(36-32(40)49-33(3,4)5)30(38)37-50(41,42)44-20-27-29-28(47-34(6,7)48-29)26(46-27)17-18-43-31(39)35-22-13-15-24(16-14-22)45-23-11-9-8-10-12-23/h8-16,21,25-29H,17-20H2,1-7H3,(H,35,39)(H,36,40)(H,37,38). The summed E-state index contributed by atoms with van der Waals surface area (Å²) in [5.74, 6) is -0.750. The first-order valence-corrected chi connectivity index (χ1v) is 17.8. The van der Waals surface area contributed by atoms with Gasteiger partial charge in [-0.3, -0.25) is 14.3 Å². The third-order valence-corrected chi connectivity index (χ3v) is 8.19. The second kappa shape index (κ2) is 16.4. The molecule has 2 aliphatic rings. The molecule has 0 bridgehead atoms. The number of para-hydroxylation sites is 1. The molecule has 276 valence electrons. The van der Waals surface area contributed by atoms with Crippen molar-refractivity contribution in [1.82, 2.24) is 10.0 Å². The number of rotatable bonds is 14. The largest absolute Gasteiger partial charge is 0.457 e. The molecule has 2 aliphatic heterocycles. The number of carbonyl (C=O) groups excluding carboxylic acids is 3. The van der Waals surface area contributed by atoms with Crippen LogP contribution in [-0.4, -0.2) is 81.6 Å². The SMILES string of the molecule is CC(C)CC(NC(=O)OC(C)(C)C)C(=O)NS(=O)(=O)OCC1OC(CCOC(=O)Nc2ccc(Oc3ccccc3)cc2)C2OC(C)(C)OC12. The Balaban J connectivity index is 1.27. The predicted octanol–water partition coefficient (Wildman–Crippen LogP) is 5.02. The van der Waals surface area contributed by atoms with Crippen molar-refractivity contribution in [2.75, 3.05) is 18.5 Å². The number of fused-ring (bicyclic) bond motifs is 1. The van der Waals surface area contributed by atoms with Crippen LogP contribution >= 0.6 is 0 Å². The zero-order valence-corrected chi connectivity index (χ0v) is 30.1. The second-order valence-electron chi connectivity index (χ2n) is 13.8. The summed E-state index contributed by atoms with van der Waals surface area (Å²) in [4.78, 5) is 37.7. The molecule has 0 spiro atoms. The van der Waals surface area contributed by atoms with Crippen LogP contribution in [0.25, 0.3) is 0 Å². The molecule has 2 saturated heterocycles. The van der Waals surface area contributed by atoms with Gasteiger partial charge in [-0.15, -0.1) is 0 Å². The lowest BCUT2D eigenvalue weighted by Crippen LogP contribution is -2.50. The predicted molar refractivity (Wildman–Crippen MR) is 181 cm³/mol. The quantitative estimate of drug-likeness (QED) is 0.237. The van der Waals surface area contributed by atoms with E-state index in [4.69, 9.17) is 32.6 Å². The van der Waals surface area contributed by atoms with Crippen molar-refractivity contribution in [3.05, 3.63) is 54.6 Å². The highest BCUT2D eigenvalue weighted by Crippen LogP contribution is 2.40. The van der Waals surface area contributed by atoms with Gasteiger partial charge < -0.3 is 33.7 Å². The van der Waals surface area contributed by atoms with Crippen molar-refractivity contribution in [2.24, 2.45) is 5.92 Å². The first-order valence-electron chi connectivity index (χ1n) is 16.4. The number of amides is 3. The molecule has 50 heavy (non-hydrogen) atoms. The van der Waals surface area contributed by atoms with Gasteiger partial charge >= 0.3 is 22.5 Å². The second-order valence-corrected chi connectivity index (χ2v) is 15.1. The molecule has 2 heterocycles. The Morgan fingerprint density at radius 3 is 2.14 bits per heavy atom. The van der Waals surface area contributed by atoms with Crippen molar-refractivity contribution in [2.45, 2.75) is 103 Å². The minimum absolute atomic E-state index is 0.0392. The molecule has 5 atom stereocenters. The third-order valence-electron chi connectivity index (χ3n) is 7.29. The van der Waals surface area contributed by atoms with E-state index in [2.05, 4.69) is 10.6 Å². The maximum absolute atomic E-state index is 12.9. The minimum atomic E-state index is -4.63. The van der Waals surface area contributed by atoms with Crippen molar-refractivity contribution in [1.29, 1.82) is 0 Å². The fourth-order valence-corrected chi connectivity index (χ4v) is 6.08. The summed E-state index contributed by atoms with van der Waals surface area (Å²) in [6, 6.07) is 14.9. The number of ether oxygens (including phenoxy) is 6. The molecule has 3 amide bonds. The minimum Gasteiger partial charge on any atom is -0.457 e. The van der Waals surface area contributed by atoms with E-state index in [1.165, 1.54) is 0 Å². The van der Waals surface area contributed by atoms with Gasteiger partial charge in [-0.05, 0) is 83.4 Å². The number of hydrogen-bond acceptors (Lipinski definition) is 12. The molecule has 3 N–H and O–H groups in total. The van der Waals surface area contributed by atoms with E-state index < -0.39 is 76.9 Å². The maximum atomic E-state index is 12.9. The lowest BCUT2D eigenvalue weighted by Gasteiger charge is -2.25. The van der Waals surface area contributed by atoms with Crippen molar-refractivity contribution >= 4 is 34.1 Å². The summed E-state index contributed by atoms with van der Waals surface area (Å²) in [7, 11) is -4.63. The van der Waals surface area contributed by atoms with E-state index in [0.717, 1.165) is 0 Å². The summed E-state index contributed by atoms with van der Waals surface area (Å²) >= 11 is 0. The number of nitrogens with one attached hydrogen (secondary N) is 3. The highest BCUT2D eigenvalue weighted by molar-refractivity contribution is 7.85. The lowest BCUT2D eigenvalue weighted by molar-refractivity contribution is -0.190. The molecule has 2 aromatic carbocycles. The van der Waals surface area contributed by atoms with Gasteiger partial charge in [-0.25, -0.2) is 14.3 Å². The highest BCUT2D eigenvalue weighted by Gasteiger charge is 2.55. The van der Waals surface area contributed by atoms with Crippen LogP contribution in [0.1, 0.15) is 61.3 Å². The van der Waals surface area contributed by atoms with Gasteiger partial charge in [0.05, 0.1) is 19.3 Å². The van der Waals surface area contributed by atoms with Crippen LogP contribution in [0.2, 0.25) is 0 Å². The monoisotopic (exact) mass is 721 g/mol. The molecule has 0 aromatic heterocycles. The van der Waals surface area contributed by atoms with Gasteiger partial charge in [0.1, 0.15) is 41.5 Å². The summed E-state index contributed by atoms with van der Waals surface area (Å²) < 4.78 is 67.0. The van der Waals surface area contributed by atoms with Gasteiger partial charge in [-0.1, -0.05) is 32.0 Å². The van der Waals surface area contributed by atoms with Crippen molar-refractivity contribution < 1.29 is 55.4 Å². The Labute approximate surface area is 292 Å². The Hall–Kier alpha value is -3.96. The first-order chi connectivity index (χ1) is 23.4. The molecule has 0 aliphatic carbocycles. The third kappa shape index (κ3) is 12.1. The molecule has 15 nitrogen and oxygen atoms in total. The van der Waals surface area contributed by atoms with E-state index >= 15 is 0 Å². The number of benzene rings is 2. The topological polar surface area (TPSA) is 186 Å². The lowest BCUT2D eigenvalue weighted by atomic mass is 10.0. The molecule has 0 saturated carbocycles. The van der Waals surface area contributed by atoms with Crippen molar-refractivity contribution in [3.8, 4) is 11.5 Å². The number of carbonyl (C=O) groups is 3.